The largest absolute Gasteiger partial charge is 0.497 e. The molecule has 2 N–H and O–H groups in total. The second-order valence-corrected chi connectivity index (χ2v) is 6.95. The van der Waals surface area contributed by atoms with E-state index in [2.05, 4.69) is 44.8 Å². The van der Waals surface area contributed by atoms with Gasteiger partial charge in [-0.2, -0.15) is 0 Å². The van der Waals surface area contributed by atoms with Gasteiger partial charge in [-0.05, 0) is 42.0 Å². The van der Waals surface area contributed by atoms with Crippen molar-refractivity contribution in [2.75, 3.05) is 37.0 Å². The van der Waals surface area contributed by atoms with Crippen molar-refractivity contribution < 1.29 is 9.53 Å². The van der Waals surface area contributed by atoms with E-state index in [1.54, 1.807) is 19.4 Å². The van der Waals surface area contributed by atoms with Gasteiger partial charge in [0.2, 0.25) is 0 Å². The van der Waals surface area contributed by atoms with Crippen LogP contribution in [0.2, 0.25) is 0 Å². The zero-order valence-electron chi connectivity index (χ0n) is 16.3. The molecule has 1 saturated heterocycles. The zero-order chi connectivity index (χ0) is 20.1. The number of nitrogens with zero attached hydrogens (tertiary/aromatic N) is 2. The molecule has 2 heterocycles. The van der Waals surface area contributed by atoms with Gasteiger partial charge in [-0.25, -0.2) is 4.98 Å². The summed E-state index contributed by atoms with van der Waals surface area (Å²) in [4.78, 5) is 19.4. The summed E-state index contributed by atoms with van der Waals surface area (Å²) in [5.74, 6) is 1.41. The predicted molar refractivity (Wildman–Crippen MR) is 115 cm³/mol. The minimum atomic E-state index is -0.159. The Morgan fingerprint density at radius 3 is 2.69 bits per heavy atom. The highest BCUT2D eigenvalue weighted by Crippen LogP contribution is 2.22. The summed E-state index contributed by atoms with van der Waals surface area (Å²) >= 11 is 0. The zero-order valence-corrected chi connectivity index (χ0v) is 16.3. The molecule has 0 unspecified atom stereocenters. The first-order valence-corrected chi connectivity index (χ1v) is 9.67. The minimum absolute atomic E-state index is 0.159. The lowest BCUT2D eigenvalue weighted by Gasteiger charge is -2.34. The third kappa shape index (κ3) is 4.55. The number of carbonyl (C=O) groups excluding carboxylic acids is 1. The van der Waals surface area contributed by atoms with Gasteiger partial charge in [0.25, 0.3) is 5.91 Å². The summed E-state index contributed by atoms with van der Waals surface area (Å²) in [5.41, 5.74) is 2.56. The first-order valence-electron chi connectivity index (χ1n) is 9.67. The number of ether oxygens (including phenoxy) is 1. The van der Waals surface area contributed by atoms with E-state index in [0.717, 1.165) is 36.9 Å². The predicted octanol–water partition coefficient (Wildman–Crippen LogP) is 3.49. The normalized spacial score (nSPS) is 16.3. The molecule has 1 aliphatic heterocycles. The summed E-state index contributed by atoms with van der Waals surface area (Å²) in [7, 11) is 1.62. The Morgan fingerprint density at radius 1 is 1.14 bits per heavy atom. The number of hydrogen-bond acceptors (Lipinski definition) is 5. The Hall–Kier alpha value is -3.38. The van der Waals surface area contributed by atoms with E-state index in [-0.39, 0.29) is 11.9 Å². The minimum Gasteiger partial charge on any atom is -0.497 e. The van der Waals surface area contributed by atoms with E-state index < -0.39 is 0 Å². The smallest absolute Gasteiger partial charge is 0.255 e. The van der Waals surface area contributed by atoms with Crippen LogP contribution >= 0.6 is 0 Å². The van der Waals surface area contributed by atoms with Crippen LogP contribution in [0.1, 0.15) is 22.0 Å². The molecule has 0 bridgehead atoms. The maximum absolute atomic E-state index is 12.7. The Kier molecular flexibility index (Phi) is 5.72. The average Bonchev–Trinajstić information content (AvgIpc) is 2.80. The molecule has 1 atom stereocenters. The lowest BCUT2D eigenvalue weighted by molar-refractivity contribution is 0.102. The molecular weight excluding hydrogens is 364 g/mol. The molecule has 1 aromatic heterocycles. The van der Waals surface area contributed by atoms with Crippen molar-refractivity contribution in [2.45, 2.75) is 6.04 Å². The van der Waals surface area contributed by atoms with E-state index in [1.165, 1.54) is 5.56 Å². The van der Waals surface area contributed by atoms with Crippen LogP contribution in [-0.2, 0) is 0 Å². The highest BCUT2D eigenvalue weighted by atomic mass is 16.5. The van der Waals surface area contributed by atoms with Gasteiger partial charge < -0.3 is 20.3 Å². The molecule has 0 aliphatic carbocycles. The first-order chi connectivity index (χ1) is 14.2. The lowest BCUT2D eigenvalue weighted by atomic mass is 10.0. The van der Waals surface area contributed by atoms with E-state index in [0.29, 0.717) is 5.56 Å². The fraction of sp³-hybridized carbons (Fsp3) is 0.217. The van der Waals surface area contributed by atoms with Crippen molar-refractivity contribution in [3.8, 4) is 5.75 Å². The van der Waals surface area contributed by atoms with Crippen molar-refractivity contribution >= 4 is 17.4 Å². The third-order valence-electron chi connectivity index (χ3n) is 5.06. The number of nitrogens with one attached hydrogen (secondary N) is 2. The van der Waals surface area contributed by atoms with Gasteiger partial charge in [-0.3, -0.25) is 4.79 Å². The van der Waals surface area contributed by atoms with Crippen molar-refractivity contribution in [2.24, 2.45) is 0 Å². The van der Waals surface area contributed by atoms with Gasteiger partial charge >= 0.3 is 0 Å². The van der Waals surface area contributed by atoms with Crippen LogP contribution in [0.15, 0.2) is 72.9 Å². The van der Waals surface area contributed by atoms with Crippen LogP contribution in [0.5, 0.6) is 5.75 Å². The third-order valence-corrected chi connectivity index (χ3v) is 5.06. The molecule has 2 aromatic carbocycles. The fourth-order valence-electron chi connectivity index (χ4n) is 3.48. The lowest BCUT2D eigenvalue weighted by Crippen LogP contribution is -2.46. The second kappa shape index (κ2) is 8.75. The number of anilines is 2. The summed E-state index contributed by atoms with van der Waals surface area (Å²) in [6, 6.07) is 21.5. The van der Waals surface area contributed by atoms with Crippen molar-refractivity contribution in [1.29, 1.82) is 0 Å². The summed E-state index contributed by atoms with van der Waals surface area (Å²) in [6.45, 7) is 2.52. The first kappa shape index (κ1) is 19.0. The maximum Gasteiger partial charge on any atom is 0.255 e. The molecule has 148 valence electrons. The molecule has 29 heavy (non-hydrogen) atoms. The SMILES string of the molecule is COc1ccc(NC(=O)c2ccnc(N3CCN[C@H](c4ccccc4)C3)c2)cc1. The number of pyridine rings is 1. The van der Waals surface area contributed by atoms with Crippen molar-refractivity contribution in [3.05, 3.63) is 84.1 Å². The summed E-state index contributed by atoms with van der Waals surface area (Å²) in [5, 5.41) is 6.48. The van der Waals surface area contributed by atoms with E-state index in [4.69, 9.17) is 4.74 Å². The van der Waals surface area contributed by atoms with Crippen LogP contribution in [0.3, 0.4) is 0 Å². The summed E-state index contributed by atoms with van der Waals surface area (Å²) < 4.78 is 5.15. The van der Waals surface area contributed by atoms with E-state index >= 15 is 0 Å². The van der Waals surface area contributed by atoms with Gasteiger partial charge in [-0.1, -0.05) is 30.3 Å². The quantitative estimate of drug-likeness (QED) is 0.700. The monoisotopic (exact) mass is 388 g/mol. The molecule has 3 aromatic rings. The van der Waals surface area contributed by atoms with Crippen LogP contribution < -0.4 is 20.3 Å². The van der Waals surface area contributed by atoms with Gasteiger partial charge in [0.1, 0.15) is 11.6 Å². The Labute approximate surface area is 170 Å². The number of methoxy groups -OCH3 is 1. The van der Waals surface area contributed by atoms with Gasteiger partial charge in [0.05, 0.1) is 7.11 Å². The standard InChI is InChI=1S/C23H24N4O2/c1-29-20-9-7-19(8-10-20)26-23(28)18-11-12-25-22(15-18)27-14-13-24-21(16-27)17-5-3-2-4-6-17/h2-12,15,21,24H,13-14,16H2,1H3,(H,26,28)/t21-/m0/s1. The highest BCUT2D eigenvalue weighted by Gasteiger charge is 2.22. The Balaban J connectivity index is 1.46. The van der Waals surface area contributed by atoms with Crippen LogP contribution in [-0.4, -0.2) is 37.6 Å². The molecule has 1 fully saturated rings. The van der Waals surface area contributed by atoms with E-state index in [1.807, 2.05) is 36.4 Å². The highest BCUT2D eigenvalue weighted by molar-refractivity contribution is 6.04. The maximum atomic E-state index is 12.7. The molecule has 0 radical (unpaired) electrons. The van der Waals surface area contributed by atoms with E-state index in [9.17, 15) is 4.79 Å². The van der Waals surface area contributed by atoms with Crippen LogP contribution in [0, 0.1) is 0 Å². The molecule has 1 amide bonds. The molecule has 4 rings (SSSR count). The molecule has 6 nitrogen and oxygen atoms in total. The fourth-order valence-corrected chi connectivity index (χ4v) is 3.48. The molecule has 6 heteroatoms. The number of amides is 1. The van der Waals surface area contributed by atoms with Gasteiger partial charge in [0, 0.05) is 43.1 Å². The second-order valence-electron chi connectivity index (χ2n) is 6.95. The Morgan fingerprint density at radius 2 is 1.93 bits per heavy atom. The number of rotatable bonds is 5. The number of hydrogen-bond donors (Lipinski definition) is 2. The van der Waals surface area contributed by atoms with Crippen LogP contribution in [0.4, 0.5) is 11.5 Å². The number of piperazine rings is 1. The Bertz CT molecular complexity index is 960. The number of aromatic nitrogens is 1. The van der Waals surface area contributed by atoms with Gasteiger partial charge in [-0.15, -0.1) is 0 Å². The molecule has 0 saturated carbocycles. The molecular formula is C23H24N4O2. The van der Waals surface area contributed by atoms with Crippen molar-refractivity contribution in [3.63, 3.8) is 0 Å². The topological polar surface area (TPSA) is 66.5 Å². The average molecular weight is 388 g/mol. The summed E-state index contributed by atoms with van der Waals surface area (Å²) in [6.07, 6.45) is 1.69. The number of carbonyl (C=O) groups is 1. The van der Waals surface area contributed by atoms with Crippen LogP contribution in [0.25, 0.3) is 0 Å². The molecule has 0 spiro atoms. The molecule has 1 aliphatic rings. The van der Waals surface area contributed by atoms with Crippen molar-refractivity contribution in [1.82, 2.24) is 10.3 Å². The van der Waals surface area contributed by atoms with Gasteiger partial charge in [0.15, 0.2) is 0 Å². The number of benzene rings is 2.